The van der Waals surface area contributed by atoms with Crippen LogP contribution < -0.4 is 0 Å². The van der Waals surface area contributed by atoms with Gasteiger partial charge in [-0.2, -0.15) is 15.3 Å². The molecule has 0 aliphatic rings. The summed E-state index contributed by atoms with van der Waals surface area (Å²) in [7, 11) is 3.79. The number of hydrogen-bond donors (Lipinski definition) is 0. The van der Waals surface area contributed by atoms with Crippen LogP contribution in [0.25, 0.3) is 22.5 Å². The highest BCUT2D eigenvalue weighted by molar-refractivity contribution is 6.35. The Morgan fingerprint density at radius 3 is 2.11 bits per heavy atom. The van der Waals surface area contributed by atoms with Gasteiger partial charge in [0.1, 0.15) is 5.69 Å². The summed E-state index contributed by atoms with van der Waals surface area (Å²) in [5.74, 6) is 0. The summed E-state index contributed by atoms with van der Waals surface area (Å²) in [5.41, 5.74) is 6.24. The first-order chi connectivity index (χ1) is 13.3. The lowest BCUT2D eigenvalue weighted by Crippen LogP contribution is -2.04. The van der Waals surface area contributed by atoms with Gasteiger partial charge in [-0.25, -0.2) is 0 Å². The minimum Gasteiger partial charge on any atom is -0.275 e. The van der Waals surface area contributed by atoms with Gasteiger partial charge in [-0.05, 0) is 31.5 Å². The van der Waals surface area contributed by atoms with Crippen LogP contribution in [0.5, 0.6) is 0 Å². The first kappa shape index (κ1) is 18.8. The molecule has 0 aliphatic heterocycles. The molecule has 28 heavy (non-hydrogen) atoms. The minimum absolute atomic E-state index is 0.545. The number of aryl methyl sites for hydroxylation is 4. The van der Waals surface area contributed by atoms with Crippen LogP contribution in [-0.2, 0) is 20.6 Å². The predicted molar refractivity (Wildman–Crippen MR) is 112 cm³/mol. The molecule has 144 valence electrons. The molecule has 0 saturated carbocycles. The van der Waals surface area contributed by atoms with E-state index in [9.17, 15) is 0 Å². The minimum atomic E-state index is 0.545. The van der Waals surface area contributed by atoms with Crippen LogP contribution in [0.1, 0.15) is 17.0 Å². The maximum absolute atomic E-state index is 6.88. The molecule has 4 rings (SSSR count). The Morgan fingerprint density at radius 1 is 0.893 bits per heavy atom. The number of rotatable bonds is 4. The Bertz CT molecular complexity index is 1170. The summed E-state index contributed by atoms with van der Waals surface area (Å²) in [5, 5.41) is 15.0. The summed E-state index contributed by atoms with van der Waals surface area (Å²) >= 11 is 13.0. The normalized spacial score (nSPS) is 11.4. The van der Waals surface area contributed by atoms with Crippen molar-refractivity contribution in [1.82, 2.24) is 29.3 Å². The summed E-state index contributed by atoms with van der Waals surface area (Å²) in [6.45, 7) is 4.47. The van der Waals surface area contributed by atoms with E-state index in [-0.39, 0.29) is 0 Å². The van der Waals surface area contributed by atoms with E-state index < -0.39 is 0 Å². The molecule has 0 radical (unpaired) electrons. The maximum atomic E-state index is 6.88. The number of aromatic nitrogens is 6. The number of halogens is 2. The molecule has 3 aromatic heterocycles. The Kier molecular flexibility index (Phi) is 4.77. The van der Waals surface area contributed by atoms with E-state index in [1.54, 1.807) is 9.36 Å². The highest BCUT2D eigenvalue weighted by atomic mass is 35.5. The van der Waals surface area contributed by atoms with E-state index in [2.05, 4.69) is 10.2 Å². The lowest BCUT2D eigenvalue weighted by molar-refractivity contribution is 0.696. The maximum Gasteiger partial charge on any atom is 0.115 e. The predicted octanol–water partition coefficient (Wildman–Crippen LogP) is 4.66. The Morgan fingerprint density at radius 2 is 1.54 bits per heavy atom. The van der Waals surface area contributed by atoms with Gasteiger partial charge >= 0.3 is 0 Å². The van der Waals surface area contributed by atoms with E-state index in [0.29, 0.717) is 22.3 Å². The first-order valence-corrected chi connectivity index (χ1v) is 9.61. The molecule has 8 heteroatoms. The molecular formula is C20H20Cl2N6. The molecule has 1 aromatic carbocycles. The molecular weight excluding hydrogens is 395 g/mol. The Labute approximate surface area is 173 Å². The van der Waals surface area contributed by atoms with Gasteiger partial charge in [-0.15, -0.1) is 0 Å². The molecule has 0 saturated heterocycles. The molecule has 0 fully saturated rings. The molecule has 0 amide bonds. The zero-order valence-electron chi connectivity index (χ0n) is 16.1. The van der Waals surface area contributed by atoms with Crippen molar-refractivity contribution in [2.75, 3.05) is 0 Å². The van der Waals surface area contributed by atoms with Gasteiger partial charge < -0.3 is 0 Å². The van der Waals surface area contributed by atoms with Crippen molar-refractivity contribution in [1.29, 1.82) is 0 Å². The van der Waals surface area contributed by atoms with Crippen molar-refractivity contribution >= 4 is 23.2 Å². The Hall–Kier alpha value is -2.57. The molecule has 0 bridgehead atoms. The molecule has 0 spiro atoms. The van der Waals surface area contributed by atoms with Gasteiger partial charge in [0, 0.05) is 42.6 Å². The number of hydrogen-bond acceptors (Lipinski definition) is 3. The lowest BCUT2D eigenvalue weighted by Gasteiger charge is -2.08. The second kappa shape index (κ2) is 7.11. The fourth-order valence-electron chi connectivity index (χ4n) is 3.46. The van der Waals surface area contributed by atoms with Crippen molar-refractivity contribution in [2.45, 2.75) is 20.4 Å². The molecule has 4 aromatic rings. The van der Waals surface area contributed by atoms with Crippen LogP contribution in [0.15, 0.2) is 36.7 Å². The fraction of sp³-hybridized carbons (Fsp3) is 0.250. The highest BCUT2D eigenvalue weighted by Gasteiger charge is 2.24. The highest BCUT2D eigenvalue weighted by Crippen LogP contribution is 2.38. The summed E-state index contributed by atoms with van der Waals surface area (Å²) < 4.78 is 5.47. The lowest BCUT2D eigenvalue weighted by atomic mass is 10.1. The van der Waals surface area contributed by atoms with Crippen molar-refractivity contribution in [3.63, 3.8) is 0 Å². The van der Waals surface area contributed by atoms with E-state index in [1.165, 1.54) is 0 Å². The second-order valence-electron chi connectivity index (χ2n) is 6.90. The van der Waals surface area contributed by atoms with Crippen LogP contribution in [0.2, 0.25) is 10.0 Å². The van der Waals surface area contributed by atoms with Crippen LogP contribution >= 0.6 is 23.2 Å². The third kappa shape index (κ3) is 3.34. The van der Waals surface area contributed by atoms with Crippen LogP contribution in [0.4, 0.5) is 0 Å². The smallest absolute Gasteiger partial charge is 0.115 e. The fourth-order valence-corrected chi connectivity index (χ4v) is 4.01. The van der Waals surface area contributed by atoms with E-state index in [4.69, 9.17) is 28.3 Å². The first-order valence-electron chi connectivity index (χ1n) is 8.85. The van der Waals surface area contributed by atoms with Gasteiger partial charge in [0.05, 0.1) is 28.6 Å². The van der Waals surface area contributed by atoms with E-state index in [0.717, 1.165) is 33.8 Å². The summed E-state index contributed by atoms with van der Waals surface area (Å²) in [6.07, 6.45) is 3.90. The van der Waals surface area contributed by atoms with E-state index in [1.807, 2.05) is 69.3 Å². The monoisotopic (exact) mass is 414 g/mol. The third-order valence-corrected chi connectivity index (χ3v) is 5.25. The standard InChI is InChI=1S/C20H20Cl2N6/c1-12-16(10-26(3)23-12)19-18(22)20(17-11-27(4)24-13(17)2)28(25-19)9-14-6-5-7-15(21)8-14/h5-8,10-11H,9H2,1-4H3. The molecule has 0 atom stereocenters. The molecule has 0 unspecified atom stereocenters. The van der Waals surface area contributed by atoms with Gasteiger partial charge in [-0.3, -0.25) is 14.0 Å². The van der Waals surface area contributed by atoms with Crippen LogP contribution in [-0.4, -0.2) is 29.3 Å². The molecule has 0 N–H and O–H groups in total. The molecule has 0 aliphatic carbocycles. The van der Waals surface area contributed by atoms with Crippen LogP contribution in [0, 0.1) is 13.8 Å². The third-order valence-electron chi connectivity index (χ3n) is 4.65. The van der Waals surface area contributed by atoms with Gasteiger partial charge in [-0.1, -0.05) is 35.3 Å². The summed E-state index contributed by atoms with van der Waals surface area (Å²) in [4.78, 5) is 0. The van der Waals surface area contributed by atoms with Crippen molar-refractivity contribution in [2.24, 2.45) is 14.1 Å². The zero-order chi connectivity index (χ0) is 20.0. The Balaban J connectivity index is 1.91. The topological polar surface area (TPSA) is 53.5 Å². The van der Waals surface area contributed by atoms with E-state index >= 15 is 0 Å². The quantitative estimate of drug-likeness (QED) is 0.487. The molecule has 3 heterocycles. The largest absolute Gasteiger partial charge is 0.275 e. The van der Waals surface area contributed by atoms with Crippen molar-refractivity contribution < 1.29 is 0 Å². The van der Waals surface area contributed by atoms with Gasteiger partial charge in [0.15, 0.2) is 0 Å². The number of nitrogens with zero attached hydrogens (tertiary/aromatic N) is 6. The average Bonchev–Trinajstić information content (AvgIpc) is 3.22. The SMILES string of the molecule is Cc1nn(C)cc1-c1nn(Cc2cccc(Cl)c2)c(-c2cn(C)nc2C)c1Cl. The van der Waals surface area contributed by atoms with Gasteiger partial charge in [0.25, 0.3) is 0 Å². The van der Waals surface area contributed by atoms with Crippen molar-refractivity contribution in [3.8, 4) is 22.5 Å². The zero-order valence-corrected chi connectivity index (χ0v) is 17.6. The van der Waals surface area contributed by atoms with Crippen LogP contribution in [0.3, 0.4) is 0 Å². The average molecular weight is 415 g/mol. The number of benzene rings is 1. The second-order valence-corrected chi connectivity index (χ2v) is 7.72. The van der Waals surface area contributed by atoms with Gasteiger partial charge in [0.2, 0.25) is 0 Å². The summed E-state index contributed by atoms with van der Waals surface area (Å²) in [6, 6.07) is 7.75. The molecule has 6 nitrogen and oxygen atoms in total. The van der Waals surface area contributed by atoms with Crippen molar-refractivity contribution in [3.05, 3.63) is 63.7 Å².